The standard InChI is InChI=1S/C14H18N4O/c1-17-5-2-6-18(8-7-17)11-3-4-13-12(9-11)14(19)16-10-15-13/h3-4,9-10H,2,5-8H2,1H3,(H,15,16,19). The lowest BCUT2D eigenvalue weighted by atomic mass is 10.2. The van der Waals surface area contributed by atoms with E-state index in [9.17, 15) is 4.79 Å². The molecule has 1 saturated heterocycles. The molecule has 0 radical (unpaired) electrons. The van der Waals surface area contributed by atoms with Gasteiger partial charge in [-0.25, -0.2) is 4.98 Å². The van der Waals surface area contributed by atoms with Crippen molar-refractivity contribution in [2.24, 2.45) is 0 Å². The molecule has 2 aromatic rings. The third kappa shape index (κ3) is 2.46. The lowest BCUT2D eigenvalue weighted by Crippen LogP contribution is -2.28. The highest BCUT2D eigenvalue weighted by atomic mass is 16.1. The van der Waals surface area contributed by atoms with Crippen molar-refractivity contribution in [2.75, 3.05) is 38.1 Å². The summed E-state index contributed by atoms with van der Waals surface area (Å²) in [5.41, 5.74) is 1.79. The molecular formula is C14H18N4O. The molecule has 1 aliphatic heterocycles. The summed E-state index contributed by atoms with van der Waals surface area (Å²) >= 11 is 0. The van der Waals surface area contributed by atoms with E-state index in [0.29, 0.717) is 5.39 Å². The van der Waals surface area contributed by atoms with E-state index >= 15 is 0 Å². The Balaban J connectivity index is 1.96. The van der Waals surface area contributed by atoms with Crippen molar-refractivity contribution in [3.63, 3.8) is 0 Å². The van der Waals surface area contributed by atoms with Crippen LogP contribution in [0.1, 0.15) is 6.42 Å². The van der Waals surface area contributed by atoms with E-state index in [-0.39, 0.29) is 5.56 Å². The Bertz CT molecular complexity index is 637. The summed E-state index contributed by atoms with van der Waals surface area (Å²) in [7, 11) is 2.15. The fourth-order valence-corrected chi connectivity index (χ4v) is 2.56. The lowest BCUT2D eigenvalue weighted by Gasteiger charge is -2.22. The highest BCUT2D eigenvalue weighted by molar-refractivity contribution is 5.81. The summed E-state index contributed by atoms with van der Waals surface area (Å²) in [6.07, 6.45) is 2.60. The molecule has 1 fully saturated rings. The summed E-state index contributed by atoms with van der Waals surface area (Å²) in [5, 5.41) is 0.664. The molecular weight excluding hydrogens is 240 g/mol. The maximum absolute atomic E-state index is 11.8. The number of anilines is 1. The maximum Gasteiger partial charge on any atom is 0.258 e. The van der Waals surface area contributed by atoms with Crippen LogP contribution in [0, 0.1) is 0 Å². The molecule has 1 N–H and O–H groups in total. The summed E-state index contributed by atoms with van der Waals surface area (Å²) in [6.45, 7) is 4.22. The Morgan fingerprint density at radius 2 is 2.11 bits per heavy atom. The minimum atomic E-state index is -0.0706. The number of nitrogens with zero attached hydrogens (tertiary/aromatic N) is 3. The molecule has 3 rings (SSSR count). The van der Waals surface area contributed by atoms with Crippen LogP contribution in [0.4, 0.5) is 5.69 Å². The van der Waals surface area contributed by atoms with Crippen molar-refractivity contribution in [3.05, 3.63) is 34.9 Å². The van der Waals surface area contributed by atoms with Crippen LogP contribution in [0.5, 0.6) is 0 Å². The molecule has 100 valence electrons. The number of aromatic nitrogens is 2. The third-order valence-corrected chi connectivity index (χ3v) is 3.71. The van der Waals surface area contributed by atoms with Crippen LogP contribution in [-0.4, -0.2) is 48.1 Å². The Labute approximate surface area is 111 Å². The van der Waals surface area contributed by atoms with Gasteiger partial charge >= 0.3 is 0 Å². The van der Waals surface area contributed by atoms with Crippen LogP contribution in [0.3, 0.4) is 0 Å². The average Bonchev–Trinajstić information content (AvgIpc) is 2.64. The summed E-state index contributed by atoms with van der Waals surface area (Å²) < 4.78 is 0. The van der Waals surface area contributed by atoms with Gasteiger partial charge in [-0.2, -0.15) is 0 Å². The lowest BCUT2D eigenvalue weighted by molar-refractivity contribution is 0.360. The van der Waals surface area contributed by atoms with Gasteiger partial charge in [-0.05, 0) is 38.2 Å². The Morgan fingerprint density at radius 3 is 3.00 bits per heavy atom. The molecule has 0 unspecified atom stereocenters. The van der Waals surface area contributed by atoms with Gasteiger partial charge in [0.2, 0.25) is 0 Å². The number of fused-ring (bicyclic) bond motifs is 1. The first-order chi connectivity index (χ1) is 9.24. The average molecular weight is 258 g/mol. The van der Waals surface area contributed by atoms with Gasteiger partial charge < -0.3 is 14.8 Å². The van der Waals surface area contributed by atoms with Gasteiger partial charge in [0.1, 0.15) is 0 Å². The molecule has 0 spiro atoms. The smallest absolute Gasteiger partial charge is 0.258 e. The number of hydrogen-bond acceptors (Lipinski definition) is 4. The highest BCUT2D eigenvalue weighted by Gasteiger charge is 2.13. The molecule has 5 heteroatoms. The predicted molar refractivity (Wildman–Crippen MR) is 76.7 cm³/mol. The largest absolute Gasteiger partial charge is 0.370 e. The number of hydrogen-bond donors (Lipinski definition) is 1. The molecule has 2 heterocycles. The van der Waals surface area contributed by atoms with E-state index in [1.807, 2.05) is 12.1 Å². The van der Waals surface area contributed by atoms with E-state index in [1.165, 1.54) is 6.33 Å². The first-order valence-corrected chi connectivity index (χ1v) is 6.65. The molecule has 5 nitrogen and oxygen atoms in total. The van der Waals surface area contributed by atoms with Crippen molar-refractivity contribution < 1.29 is 0 Å². The van der Waals surface area contributed by atoms with Gasteiger partial charge in [-0.3, -0.25) is 4.79 Å². The number of likely N-dealkylation sites (N-methyl/N-ethyl adjacent to an activating group) is 1. The Hall–Kier alpha value is -1.88. The van der Waals surface area contributed by atoms with Crippen molar-refractivity contribution in [1.29, 1.82) is 0 Å². The topological polar surface area (TPSA) is 52.2 Å². The number of aromatic amines is 1. The van der Waals surface area contributed by atoms with Crippen LogP contribution < -0.4 is 10.5 Å². The van der Waals surface area contributed by atoms with Crippen molar-refractivity contribution in [2.45, 2.75) is 6.42 Å². The van der Waals surface area contributed by atoms with Gasteiger partial charge in [0.15, 0.2) is 0 Å². The molecule has 19 heavy (non-hydrogen) atoms. The van der Waals surface area contributed by atoms with Crippen LogP contribution in [0.15, 0.2) is 29.3 Å². The first kappa shape index (κ1) is 12.2. The quantitative estimate of drug-likeness (QED) is 0.831. The van der Waals surface area contributed by atoms with Crippen LogP contribution in [0.2, 0.25) is 0 Å². The van der Waals surface area contributed by atoms with E-state index in [0.717, 1.165) is 43.8 Å². The third-order valence-electron chi connectivity index (χ3n) is 3.71. The molecule has 0 amide bonds. The van der Waals surface area contributed by atoms with Crippen molar-refractivity contribution in [3.8, 4) is 0 Å². The Morgan fingerprint density at radius 1 is 1.21 bits per heavy atom. The molecule has 0 bridgehead atoms. The highest BCUT2D eigenvalue weighted by Crippen LogP contribution is 2.19. The minimum Gasteiger partial charge on any atom is -0.370 e. The number of nitrogens with one attached hydrogen (secondary N) is 1. The fraction of sp³-hybridized carbons (Fsp3) is 0.429. The number of H-pyrrole nitrogens is 1. The summed E-state index contributed by atoms with van der Waals surface area (Å²) in [4.78, 5) is 23.3. The second kappa shape index (κ2) is 5.01. The monoisotopic (exact) mass is 258 g/mol. The zero-order valence-electron chi connectivity index (χ0n) is 11.1. The zero-order valence-corrected chi connectivity index (χ0v) is 11.1. The van der Waals surface area contributed by atoms with E-state index in [1.54, 1.807) is 0 Å². The zero-order chi connectivity index (χ0) is 13.2. The molecule has 1 aromatic heterocycles. The molecule has 0 atom stereocenters. The second-order valence-electron chi connectivity index (χ2n) is 5.08. The van der Waals surface area contributed by atoms with Crippen LogP contribution >= 0.6 is 0 Å². The van der Waals surface area contributed by atoms with Crippen LogP contribution in [-0.2, 0) is 0 Å². The van der Waals surface area contributed by atoms with E-state index < -0.39 is 0 Å². The van der Waals surface area contributed by atoms with Crippen LogP contribution in [0.25, 0.3) is 10.9 Å². The summed E-state index contributed by atoms with van der Waals surface area (Å²) in [5.74, 6) is 0. The predicted octanol–water partition coefficient (Wildman–Crippen LogP) is 1.06. The molecule has 1 aliphatic rings. The Kier molecular flexibility index (Phi) is 3.21. The molecule has 0 saturated carbocycles. The molecule has 1 aromatic carbocycles. The normalized spacial score (nSPS) is 17.6. The fourth-order valence-electron chi connectivity index (χ4n) is 2.56. The summed E-state index contributed by atoms with van der Waals surface area (Å²) in [6, 6.07) is 5.93. The molecule has 0 aliphatic carbocycles. The van der Waals surface area contributed by atoms with Crippen molar-refractivity contribution in [1.82, 2.24) is 14.9 Å². The van der Waals surface area contributed by atoms with E-state index in [2.05, 4.69) is 32.9 Å². The number of benzene rings is 1. The number of rotatable bonds is 1. The van der Waals surface area contributed by atoms with Gasteiger partial charge in [-0.1, -0.05) is 0 Å². The van der Waals surface area contributed by atoms with Gasteiger partial charge in [-0.15, -0.1) is 0 Å². The second-order valence-corrected chi connectivity index (χ2v) is 5.08. The SMILES string of the molecule is CN1CCCN(c2ccc3nc[nH]c(=O)c3c2)CC1. The maximum atomic E-state index is 11.8. The van der Waals surface area contributed by atoms with Gasteiger partial charge in [0.25, 0.3) is 5.56 Å². The van der Waals surface area contributed by atoms with Gasteiger partial charge in [0, 0.05) is 25.3 Å². The van der Waals surface area contributed by atoms with E-state index in [4.69, 9.17) is 0 Å². The van der Waals surface area contributed by atoms with Gasteiger partial charge in [0.05, 0.1) is 17.2 Å². The first-order valence-electron chi connectivity index (χ1n) is 6.65. The van der Waals surface area contributed by atoms with Crippen molar-refractivity contribution >= 4 is 16.6 Å². The minimum absolute atomic E-state index is 0.0706.